The highest BCUT2D eigenvalue weighted by atomic mass is 35.5. The zero-order valence-electron chi connectivity index (χ0n) is 23.5. The number of fused-ring (bicyclic) bond motifs is 1. The summed E-state index contributed by atoms with van der Waals surface area (Å²) >= 11 is 6.64. The number of sulfonamides is 1. The second-order valence-corrected chi connectivity index (χ2v) is 12.4. The van der Waals surface area contributed by atoms with Gasteiger partial charge in [0.25, 0.3) is 11.8 Å². The Morgan fingerprint density at radius 2 is 1.79 bits per heavy atom. The van der Waals surface area contributed by atoms with Crippen molar-refractivity contribution in [3.63, 3.8) is 0 Å². The van der Waals surface area contributed by atoms with Crippen molar-refractivity contribution in [3.8, 4) is 22.4 Å². The van der Waals surface area contributed by atoms with Crippen LogP contribution in [0.15, 0.2) is 54.7 Å². The van der Waals surface area contributed by atoms with Crippen molar-refractivity contribution < 1.29 is 27.5 Å². The zero-order chi connectivity index (χ0) is 30.8. The van der Waals surface area contributed by atoms with E-state index in [1.807, 2.05) is 13.8 Å². The predicted octanol–water partition coefficient (Wildman–Crippen LogP) is 3.96. The molecule has 4 aromatic rings. The highest BCUT2D eigenvalue weighted by molar-refractivity contribution is 7.92. The number of rotatable bonds is 10. The summed E-state index contributed by atoms with van der Waals surface area (Å²) in [6.07, 6.45) is 2.42. The number of nitrogens with one attached hydrogen (secondary N) is 2. The molecule has 42 heavy (non-hydrogen) atoms. The molecule has 2 aromatic heterocycles. The summed E-state index contributed by atoms with van der Waals surface area (Å²) < 4.78 is 41.9. The Labute approximate surface area is 248 Å². The van der Waals surface area contributed by atoms with Crippen molar-refractivity contribution in [3.05, 3.63) is 76.7 Å². The number of anilines is 1. The van der Waals surface area contributed by atoms with E-state index in [2.05, 4.69) is 15.7 Å². The summed E-state index contributed by atoms with van der Waals surface area (Å²) in [6, 6.07) is 11.6. The molecule has 0 bridgehead atoms. The van der Waals surface area contributed by atoms with Crippen LogP contribution in [0.2, 0.25) is 5.02 Å². The molecule has 0 saturated carbocycles. The largest absolute Gasteiger partial charge is 0.394 e. The van der Waals surface area contributed by atoms with Crippen molar-refractivity contribution >= 4 is 44.6 Å². The molecule has 222 valence electrons. The number of aromatic nitrogens is 2. The van der Waals surface area contributed by atoms with Gasteiger partial charge >= 0.3 is 0 Å². The molecule has 2 heterocycles. The topological polar surface area (TPSA) is 133 Å². The van der Waals surface area contributed by atoms with Crippen molar-refractivity contribution in [2.75, 3.05) is 37.3 Å². The first-order chi connectivity index (χ1) is 19.8. The van der Waals surface area contributed by atoms with Gasteiger partial charge in [-0.05, 0) is 54.4 Å². The Bertz CT molecular complexity index is 1760. The van der Waals surface area contributed by atoms with Crippen LogP contribution in [0.1, 0.15) is 34.6 Å². The van der Waals surface area contributed by atoms with Crippen LogP contribution in [0, 0.1) is 11.7 Å². The molecule has 0 aliphatic carbocycles. The van der Waals surface area contributed by atoms with Gasteiger partial charge in [-0.1, -0.05) is 25.4 Å². The molecule has 2 aromatic carbocycles. The quantitative estimate of drug-likeness (QED) is 0.247. The Kier molecular flexibility index (Phi) is 9.19. The molecule has 0 unspecified atom stereocenters. The maximum Gasteiger partial charge on any atom is 0.255 e. The van der Waals surface area contributed by atoms with Crippen LogP contribution in [0.3, 0.4) is 0 Å². The number of pyridine rings is 1. The highest BCUT2D eigenvalue weighted by Gasteiger charge is 2.27. The molecule has 0 atom stereocenters. The monoisotopic (exact) mass is 615 g/mol. The van der Waals surface area contributed by atoms with Gasteiger partial charge in [-0.25, -0.2) is 17.3 Å². The number of hydrogen-bond acceptors (Lipinski definition) is 6. The third-order valence-corrected chi connectivity index (χ3v) is 7.99. The molecule has 0 spiro atoms. The standard InChI is InChI=1S/C29H31ClFN5O5S/c1-17(2)15-33-28(38)19-7-10-23(30)21(13-19)22-14-24-26(29(39)32-3)27(18-5-8-20(31)9-6-18)34-35(24)16-25(22)36(11-12-37)42(4,40)41/h5-10,13-14,16-17,37H,11-12,15H2,1-4H3,(H,32,39)(H,33,38). The molecule has 13 heteroatoms. The average molecular weight is 616 g/mol. The molecular weight excluding hydrogens is 585 g/mol. The van der Waals surface area contributed by atoms with Crippen molar-refractivity contribution in [1.29, 1.82) is 0 Å². The lowest BCUT2D eigenvalue weighted by molar-refractivity contribution is 0.0945. The summed E-state index contributed by atoms with van der Waals surface area (Å²) in [4.78, 5) is 26.1. The van der Waals surface area contributed by atoms with Gasteiger partial charge in [-0.2, -0.15) is 5.10 Å². The first-order valence-corrected chi connectivity index (χ1v) is 15.3. The molecule has 0 aliphatic rings. The molecule has 3 N–H and O–H groups in total. The SMILES string of the molecule is CNC(=O)c1c(-c2ccc(F)cc2)nn2cc(N(CCO)S(C)(=O)=O)c(-c3cc(C(=O)NCC(C)C)ccc3Cl)cc12. The molecule has 0 saturated heterocycles. The Balaban J connectivity index is 2.06. The lowest BCUT2D eigenvalue weighted by Gasteiger charge is -2.25. The fraction of sp³-hybridized carbons (Fsp3) is 0.276. The van der Waals surface area contributed by atoms with Crippen LogP contribution in [-0.2, 0) is 10.0 Å². The van der Waals surface area contributed by atoms with Gasteiger partial charge in [-0.3, -0.25) is 13.9 Å². The number of aliphatic hydroxyl groups excluding tert-OH is 1. The van der Waals surface area contributed by atoms with E-state index in [0.717, 1.165) is 10.6 Å². The van der Waals surface area contributed by atoms with E-state index in [1.165, 1.54) is 48.1 Å². The van der Waals surface area contributed by atoms with Gasteiger partial charge in [0.05, 0.1) is 42.4 Å². The molecule has 0 aliphatic heterocycles. The number of aliphatic hydroxyl groups is 1. The molecular formula is C29H31ClFN5O5S. The first kappa shape index (κ1) is 30.9. The maximum absolute atomic E-state index is 13.7. The molecule has 10 nitrogen and oxygen atoms in total. The number of hydrogen-bond donors (Lipinski definition) is 3. The van der Waals surface area contributed by atoms with Crippen molar-refractivity contribution in [2.24, 2.45) is 5.92 Å². The fourth-order valence-corrected chi connectivity index (χ4v) is 5.62. The van der Waals surface area contributed by atoms with Crippen LogP contribution in [0.5, 0.6) is 0 Å². The van der Waals surface area contributed by atoms with E-state index in [4.69, 9.17) is 11.6 Å². The summed E-state index contributed by atoms with van der Waals surface area (Å²) in [5.74, 6) is -1.06. The van der Waals surface area contributed by atoms with Crippen LogP contribution in [-0.4, -0.2) is 68.0 Å². The summed E-state index contributed by atoms with van der Waals surface area (Å²) in [5, 5.41) is 20.0. The van der Waals surface area contributed by atoms with Crippen LogP contribution >= 0.6 is 11.6 Å². The van der Waals surface area contributed by atoms with E-state index in [0.29, 0.717) is 28.8 Å². The van der Waals surface area contributed by atoms with Gasteiger partial charge in [0.15, 0.2) is 0 Å². The van der Waals surface area contributed by atoms with Crippen LogP contribution in [0.25, 0.3) is 27.9 Å². The van der Waals surface area contributed by atoms with Crippen molar-refractivity contribution in [1.82, 2.24) is 20.2 Å². The fourth-order valence-electron chi connectivity index (χ4n) is 4.48. The Morgan fingerprint density at radius 1 is 1.10 bits per heavy atom. The van der Waals surface area contributed by atoms with E-state index in [1.54, 1.807) is 18.2 Å². The highest BCUT2D eigenvalue weighted by Crippen LogP contribution is 2.40. The minimum Gasteiger partial charge on any atom is -0.394 e. The van der Waals surface area contributed by atoms with Gasteiger partial charge in [0.2, 0.25) is 10.0 Å². The Hall–Kier alpha value is -4.00. The second-order valence-electron chi connectivity index (χ2n) is 10.1. The number of halogens is 2. The first-order valence-electron chi connectivity index (χ1n) is 13.1. The van der Waals surface area contributed by atoms with Crippen LogP contribution < -0.4 is 14.9 Å². The van der Waals surface area contributed by atoms with Crippen molar-refractivity contribution in [2.45, 2.75) is 13.8 Å². The lowest BCUT2D eigenvalue weighted by Crippen LogP contribution is -2.33. The van der Waals surface area contributed by atoms with E-state index in [9.17, 15) is 27.5 Å². The van der Waals surface area contributed by atoms with Gasteiger partial charge < -0.3 is 15.7 Å². The van der Waals surface area contributed by atoms with E-state index < -0.39 is 28.4 Å². The minimum atomic E-state index is -3.93. The summed E-state index contributed by atoms with van der Waals surface area (Å²) in [7, 11) is -2.47. The van der Waals surface area contributed by atoms with Gasteiger partial charge in [-0.15, -0.1) is 0 Å². The molecule has 2 amide bonds. The minimum absolute atomic E-state index is 0.109. The normalized spacial score (nSPS) is 11.6. The smallest absolute Gasteiger partial charge is 0.255 e. The third kappa shape index (κ3) is 6.40. The molecule has 0 fully saturated rings. The summed E-state index contributed by atoms with van der Waals surface area (Å²) in [6.45, 7) is 3.61. The second kappa shape index (κ2) is 12.5. The lowest BCUT2D eigenvalue weighted by atomic mass is 9.99. The number of benzene rings is 2. The van der Waals surface area contributed by atoms with E-state index in [-0.39, 0.29) is 45.9 Å². The van der Waals surface area contributed by atoms with Gasteiger partial charge in [0, 0.05) is 40.9 Å². The number of carbonyl (C=O) groups excluding carboxylic acids is 2. The number of carbonyl (C=O) groups is 2. The van der Waals surface area contributed by atoms with Gasteiger partial charge in [0.1, 0.15) is 11.5 Å². The zero-order valence-corrected chi connectivity index (χ0v) is 25.1. The third-order valence-electron chi connectivity index (χ3n) is 6.48. The Morgan fingerprint density at radius 3 is 2.38 bits per heavy atom. The van der Waals surface area contributed by atoms with E-state index >= 15 is 0 Å². The maximum atomic E-state index is 13.7. The predicted molar refractivity (Wildman–Crippen MR) is 161 cm³/mol. The molecule has 0 radical (unpaired) electrons. The number of nitrogens with zero attached hydrogens (tertiary/aromatic N) is 3. The molecule has 4 rings (SSSR count). The summed E-state index contributed by atoms with van der Waals surface area (Å²) in [5.41, 5.74) is 2.16. The average Bonchev–Trinajstić information content (AvgIpc) is 3.32. The number of amides is 2. The van der Waals surface area contributed by atoms with Crippen LogP contribution in [0.4, 0.5) is 10.1 Å².